The molecule has 0 bridgehead atoms. The molecule has 0 saturated heterocycles. The van der Waals surface area contributed by atoms with Gasteiger partial charge < -0.3 is 10.2 Å². The number of rotatable bonds is 7. The van der Waals surface area contributed by atoms with Crippen LogP contribution in [0.25, 0.3) is 10.8 Å². The summed E-state index contributed by atoms with van der Waals surface area (Å²) in [6.45, 7) is 5.65. The molecule has 3 aromatic carbocycles. The highest BCUT2D eigenvalue weighted by atomic mass is 16.2. The molecule has 1 N–H and O–H groups in total. The lowest BCUT2D eigenvalue weighted by Crippen LogP contribution is -2.51. The number of hydrogen-bond acceptors (Lipinski definition) is 3. The van der Waals surface area contributed by atoms with E-state index in [0.717, 1.165) is 22.0 Å². The zero-order valence-electron chi connectivity index (χ0n) is 18.5. The molecule has 1 aliphatic heterocycles. The van der Waals surface area contributed by atoms with Crippen LogP contribution in [0.2, 0.25) is 0 Å². The van der Waals surface area contributed by atoms with Crippen LogP contribution in [0.3, 0.4) is 0 Å². The van der Waals surface area contributed by atoms with Gasteiger partial charge in [0.2, 0.25) is 11.8 Å². The molecule has 0 aliphatic carbocycles. The minimum Gasteiger partial charge on any atom is -0.352 e. The number of carbonyl (C=O) groups is 3. The summed E-state index contributed by atoms with van der Waals surface area (Å²) < 4.78 is 0. The summed E-state index contributed by atoms with van der Waals surface area (Å²) in [5.74, 6) is -0.690. The highest BCUT2D eigenvalue weighted by Crippen LogP contribution is 2.37. The highest BCUT2D eigenvalue weighted by Gasteiger charge is 2.34. The molecule has 0 fully saturated rings. The fourth-order valence-electron chi connectivity index (χ4n) is 4.13. The molecule has 3 amide bonds. The van der Waals surface area contributed by atoms with Gasteiger partial charge in [0, 0.05) is 23.5 Å². The maximum atomic E-state index is 13.5. The van der Waals surface area contributed by atoms with Crippen LogP contribution >= 0.6 is 0 Å². The molecule has 0 spiro atoms. The van der Waals surface area contributed by atoms with Crippen LogP contribution < -0.4 is 10.2 Å². The van der Waals surface area contributed by atoms with Crippen molar-refractivity contribution in [1.29, 1.82) is 0 Å². The number of amides is 3. The van der Waals surface area contributed by atoms with Gasteiger partial charge in [-0.2, -0.15) is 0 Å². The standard InChI is InChI=1S/C26H27N3O3/c1-17(2)27-25(31)18(3)28(15-19-9-5-4-6-10-19)23(30)16-29-22-14-8-12-20-11-7-13-21(24(20)22)26(29)32/h4-14,17-18H,15-16H2,1-3H3,(H,27,31)/t18-/m1/s1. The van der Waals surface area contributed by atoms with E-state index >= 15 is 0 Å². The number of benzene rings is 3. The molecule has 6 nitrogen and oxygen atoms in total. The molecule has 0 radical (unpaired) electrons. The van der Waals surface area contributed by atoms with Crippen LogP contribution in [0.1, 0.15) is 36.7 Å². The van der Waals surface area contributed by atoms with Gasteiger partial charge in [0.15, 0.2) is 0 Å². The van der Waals surface area contributed by atoms with Crippen molar-refractivity contribution in [2.75, 3.05) is 11.4 Å². The first-order valence-corrected chi connectivity index (χ1v) is 10.8. The Hall–Kier alpha value is -3.67. The molecule has 32 heavy (non-hydrogen) atoms. The van der Waals surface area contributed by atoms with Gasteiger partial charge in [0.05, 0.1) is 5.69 Å². The average molecular weight is 430 g/mol. The Kier molecular flexibility index (Phi) is 5.95. The van der Waals surface area contributed by atoms with Gasteiger partial charge in [-0.3, -0.25) is 19.3 Å². The van der Waals surface area contributed by atoms with Gasteiger partial charge >= 0.3 is 0 Å². The summed E-state index contributed by atoms with van der Waals surface area (Å²) in [6, 6.07) is 20.1. The number of nitrogens with zero attached hydrogens (tertiary/aromatic N) is 2. The van der Waals surface area contributed by atoms with Gasteiger partial charge in [-0.05, 0) is 43.9 Å². The Morgan fingerprint density at radius 2 is 1.62 bits per heavy atom. The number of hydrogen-bond donors (Lipinski definition) is 1. The fourth-order valence-corrected chi connectivity index (χ4v) is 4.13. The van der Waals surface area contributed by atoms with Crippen LogP contribution in [-0.4, -0.2) is 41.2 Å². The summed E-state index contributed by atoms with van der Waals surface area (Å²) in [7, 11) is 0. The lowest BCUT2D eigenvalue weighted by Gasteiger charge is -2.31. The van der Waals surface area contributed by atoms with E-state index in [1.807, 2.05) is 74.5 Å². The third-order valence-electron chi connectivity index (χ3n) is 5.74. The predicted molar refractivity (Wildman–Crippen MR) is 125 cm³/mol. The molecule has 6 heteroatoms. The molecular formula is C26H27N3O3. The highest BCUT2D eigenvalue weighted by molar-refractivity contribution is 6.26. The number of carbonyl (C=O) groups excluding carboxylic acids is 3. The lowest BCUT2D eigenvalue weighted by molar-refractivity contribution is -0.139. The van der Waals surface area contributed by atoms with Crippen molar-refractivity contribution in [3.8, 4) is 0 Å². The first-order chi connectivity index (χ1) is 15.4. The summed E-state index contributed by atoms with van der Waals surface area (Å²) in [5.41, 5.74) is 2.25. The molecule has 164 valence electrons. The second kappa shape index (κ2) is 8.83. The second-order valence-corrected chi connectivity index (χ2v) is 8.42. The fraction of sp³-hybridized carbons (Fsp3) is 0.269. The second-order valence-electron chi connectivity index (χ2n) is 8.42. The van der Waals surface area contributed by atoms with Crippen molar-refractivity contribution < 1.29 is 14.4 Å². The molecule has 0 saturated carbocycles. The molecule has 1 heterocycles. The summed E-state index contributed by atoms with van der Waals surface area (Å²) >= 11 is 0. The maximum Gasteiger partial charge on any atom is 0.259 e. The third-order valence-corrected chi connectivity index (χ3v) is 5.74. The Morgan fingerprint density at radius 3 is 2.31 bits per heavy atom. The predicted octanol–water partition coefficient (Wildman–Crippen LogP) is 3.74. The summed E-state index contributed by atoms with van der Waals surface area (Å²) in [4.78, 5) is 42.4. The van der Waals surface area contributed by atoms with Crippen molar-refractivity contribution in [3.63, 3.8) is 0 Å². The number of anilines is 1. The van der Waals surface area contributed by atoms with E-state index < -0.39 is 6.04 Å². The van der Waals surface area contributed by atoms with Crippen molar-refractivity contribution >= 4 is 34.2 Å². The van der Waals surface area contributed by atoms with Crippen LogP contribution in [0.15, 0.2) is 66.7 Å². The molecule has 0 aromatic heterocycles. The van der Waals surface area contributed by atoms with Crippen LogP contribution in [0, 0.1) is 0 Å². The smallest absolute Gasteiger partial charge is 0.259 e. The van der Waals surface area contributed by atoms with Crippen LogP contribution in [-0.2, 0) is 16.1 Å². The minimum atomic E-state index is -0.680. The largest absolute Gasteiger partial charge is 0.352 e. The lowest BCUT2D eigenvalue weighted by atomic mass is 10.1. The number of nitrogens with one attached hydrogen (secondary N) is 1. The molecule has 3 aromatic rings. The van der Waals surface area contributed by atoms with Crippen molar-refractivity contribution in [2.24, 2.45) is 0 Å². The molecular weight excluding hydrogens is 402 g/mol. The van der Waals surface area contributed by atoms with E-state index in [-0.39, 0.29) is 36.9 Å². The normalized spacial score (nSPS) is 13.5. The first-order valence-electron chi connectivity index (χ1n) is 10.8. The topological polar surface area (TPSA) is 69.7 Å². The van der Waals surface area contributed by atoms with Gasteiger partial charge in [0.25, 0.3) is 5.91 Å². The van der Waals surface area contributed by atoms with E-state index in [9.17, 15) is 14.4 Å². The first kappa shape index (κ1) is 21.6. The maximum absolute atomic E-state index is 13.5. The SMILES string of the molecule is CC(C)NC(=O)[C@@H](C)N(Cc1ccccc1)C(=O)CN1C(=O)c2cccc3cccc1c23. The Balaban J connectivity index is 1.62. The van der Waals surface area contributed by atoms with E-state index in [4.69, 9.17) is 0 Å². The van der Waals surface area contributed by atoms with Gasteiger partial charge in [0.1, 0.15) is 12.6 Å². The van der Waals surface area contributed by atoms with E-state index in [1.54, 1.807) is 17.9 Å². The summed E-state index contributed by atoms with van der Waals surface area (Å²) in [6.07, 6.45) is 0. The zero-order valence-corrected chi connectivity index (χ0v) is 18.5. The van der Waals surface area contributed by atoms with Gasteiger partial charge in [-0.15, -0.1) is 0 Å². The minimum absolute atomic E-state index is 0.0362. The Labute approximate surface area is 187 Å². The summed E-state index contributed by atoms with van der Waals surface area (Å²) in [5, 5.41) is 4.72. The quantitative estimate of drug-likeness (QED) is 0.622. The van der Waals surface area contributed by atoms with E-state index in [2.05, 4.69) is 5.32 Å². The third kappa shape index (κ3) is 4.08. The van der Waals surface area contributed by atoms with Crippen molar-refractivity contribution in [2.45, 2.75) is 39.4 Å². The van der Waals surface area contributed by atoms with Gasteiger partial charge in [-0.25, -0.2) is 0 Å². The Bertz CT molecular complexity index is 1170. The van der Waals surface area contributed by atoms with Crippen LogP contribution in [0.5, 0.6) is 0 Å². The van der Waals surface area contributed by atoms with Crippen molar-refractivity contribution in [3.05, 3.63) is 77.9 Å². The van der Waals surface area contributed by atoms with Gasteiger partial charge in [-0.1, -0.05) is 54.6 Å². The molecule has 1 atom stereocenters. The average Bonchev–Trinajstić information content (AvgIpc) is 3.05. The Morgan fingerprint density at radius 1 is 0.938 bits per heavy atom. The van der Waals surface area contributed by atoms with E-state index in [0.29, 0.717) is 5.56 Å². The molecule has 1 aliphatic rings. The zero-order chi connectivity index (χ0) is 22.8. The molecule has 0 unspecified atom stereocenters. The monoisotopic (exact) mass is 429 g/mol. The van der Waals surface area contributed by atoms with E-state index in [1.165, 1.54) is 4.90 Å². The van der Waals surface area contributed by atoms with Crippen molar-refractivity contribution in [1.82, 2.24) is 10.2 Å². The van der Waals surface area contributed by atoms with Crippen LogP contribution in [0.4, 0.5) is 5.69 Å². The molecule has 4 rings (SSSR count).